The second-order valence-corrected chi connectivity index (χ2v) is 9.04. The first-order chi connectivity index (χ1) is 12.9. The Kier molecular flexibility index (Phi) is 4.86. The molecule has 3 nitrogen and oxygen atoms in total. The summed E-state index contributed by atoms with van der Waals surface area (Å²) in [5.41, 5.74) is 3.61. The van der Waals surface area contributed by atoms with Crippen LogP contribution < -0.4 is 0 Å². The van der Waals surface area contributed by atoms with E-state index >= 15 is 0 Å². The predicted octanol–water partition coefficient (Wildman–Crippen LogP) is 4.06. The van der Waals surface area contributed by atoms with E-state index in [0.29, 0.717) is 6.04 Å². The van der Waals surface area contributed by atoms with E-state index in [0.717, 1.165) is 37.1 Å². The minimum Gasteiger partial charge on any atom is -0.453 e. The molecule has 3 atom stereocenters. The van der Waals surface area contributed by atoms with Gasteiger partial charge in [-0.25, -0.2) is 4.79 Å². The van der Waals surface area contributed by atoms with Gasteiger partial charge < -0.3 is 4.74 Å². The van der Waals surface area contributed by atoms with Crippen LogP contribution in [0, 0.1) is 17.8 Å². The van der Waals surface area contributed by atoms with Crippen LogP contribution in [0.1, 0.15) is 57.6 Å². The van der Waals surface area contributed by atoms with E-state index in [2.05, 4.69) is 61.8 Å². The van der Waals surface area contributed by atoms with Gasteiger partial charge >= 0.3 is 5.97 Å². The van der Waals surface area contributed by atoms with Crippen molar-refractivity contribution in [2.24, 2.45) is 5.92 Å². The molecule has 0 aliphatic carbocycles. The SMILES string of the molecule is CC(C)(C)c1ccc(C#CC2CCN3CCCCC3C3OC(=O)C=C23)cc1. The molecule has 0 spiro atoms. The minimum absolute atomic E-state index is 0.0946. The van der Waals surface area contributed by atoms with Crippen molar-refractivity contribution in [3.63, 3.8) is 0 Å². The van der Waals surface area contributed by atoms with Gasteiger partial charge in [-0.05, 0) is 54.5 Å². The number of fused-ring (bicyclic) bond motifs is 3. The molecular formula is C24H29NO2. The lowest BCUT2D eigenvalue weighted by atomic mass is 9.86. The number of rotatable bonds is 0. The molecule has 3 aliphatic rings. The van der Waals surface area contributed by atoms with Crippen LogP contribution in [-0.2, 0) is 14.9 Å². The van der Waals surface area contributed by atoms with Gasteiger partial charge in [-0.2, -0.15) is 0 Å². The Morgan fingerprint density at radius 1 is 1.07 bits per heavy atom. The molecule has 3 heteroatoms. The molecule has 3 unspecified atom stereocenters. The average Bonchev–Trinajstić information content (AvgIpc) is 2.96. The summed E-state index contributed by atoms with van der Waals surface area (Å²) in [6.45, 7) is 8.81. The first kappa shape index (κ1) is 18.3. The summed E-state index contributed by atoms with van der Waals surface area (Å²) in [6.07, 6.45) is 6.17. The number of hydrogen-bond acceptors (Lipinski definition) is 3. The van der Waals surface area contributed by atoms with E-state index in [1.807, 2.05) is 0 Å². The van der Waals surface area contributed by atoms with Crippen LogP contribution in [0.25, 0.3) is 0 Å². The Bertz CT molecular complexity index is 804. The lowest BCUT2D eigenvalue weighted by Gasteiger charge is -2.37. The maximum absolute atomic E-state index is 12.0. The second kappa shape index (κ2) is 7.17. The summed E-state index contributed by atoms with van der Waals surface area (Å²) in [6, 6.07) is 8.89. The highest BCUT2D eigenvalue weighted by Gasteiger charge is 2.42. The normalized spacial score (nSPS) is 28.2. The van der Waals surface area contributed by atoms with E-state index in [1.165, 1.54) is 18.4 Å². The van der Waals surface area contributed by atoms with Crippen LogP contribution in [0.3, 0.4) is 0 Å². The van der Waals surface area contributed by atoms with Gasteiger partial charge in [0.1, 0.15) is 6.10 Å². The third kappa shape index (κ3) is 3.82. The Balaban J connectivity index is 1.57. The van der Waals surface area contributed by atoms with Gasteiger partial charge in [-0.3, -0.25) is 4.90 Å². The van der Waals surface area contributed by atoms with Gasteiger partial charge in [0.15, 0.2) is 0 Å². The number of ether oxygens (including phenoxy) is 1. The first-order valence-corrected chi connectivity index (χ1v) is 10.2. The molecular weight excluding hydrogens is 334 g/mol. The summed E-state index contributed by atoms with van der Waals surface area (Å²) in [7, 11) is 0. The van der Waals surface area contributed by atoms with Crippen LogP contribution in [0.4, 0.5) is 0 Å². The zero-order chi connectivity index (χ0) is 19.0. The number of carbonyl (C=O) groups is 1. The fraction of sp³-hybridized carbons (Fsp3) is 0.542. The fourth-order valence-electron chi connectivity index (χ4n) is 4.52. The van der Waals surface area contributed by atoms with Gasteiger partial charge in [0, 0.05) is 24.1 Å². The molecule has 142 valence electrons. The summed E-state index contributed by atoms with van der Waals surface area (Å²) in [5.74, 6) is 6.73. The van der Waals surface area contributed by atoms with Crippen molar-refractivity contribution in [1.29, 1.82) is 0 Å². The first-order valence-electron chi connectivity index (χ1n) is 10.2. The molecule has 1 aromatic carbocycles. The van der Waals surface area contributed by atoms with Crippen LogP contribution in [0.2, 0.25) is 0 Å². The molecule has 0 N–H and O–H groups in total. The summed E-state index contributed by atoms with van der Waals surface area (Å²) in [5, 5.41) is 0. The minimum atomic E-state index is -0.191. The largest absolute Gasteiger partial charge is 0.453 e. The molecule has 2 fully saturated rings. The molecule has 0 bridgehead atoms. The average molecular weight is 364 g/mol. The van der Waals surface area contributed by atoms with Gasteiger partial charge in [0.2, 0.25) is 0 Å². The molecule has 3 heterocycles. The quantitative estimate of drug-likeness (QED) is 0.514. The Morgan fingerprint density at radius 3 is 2.59 bits per heavy atom. The Hall–Kier alpha value is -2.05. The Labute approximate surface area is 162 Å². The highest BCUT2D eigenvalue weighted by molar-refractivity contribution is 5.86. The number of piperidine rings is 1. The molecule has 0 saturated carbocycles. The van der Waals surface area contributed by atoms with Gasteiger partial charge in [0.05, 0.1) is 6.04 Å². The van der Waals surface area contributed by atoms with Crippen LogP contribution in [0.15, 0.2) is 35.9 Å². The standard InChI is InChI=1S/C24H29NO2/c1-24(2,3)19-11-8-17(9-12-19)7-10-18-13-15-25-14-5-4-6-21(25)23-20(18)16-22(26)27-23/h8-9,11-12,16,18,21,23H,4-6,13-15H2,1-3H3. The molecule has 2 saturated heterocycles. The van der Waals surface area contributed by atoms with Crippen molar-refractivity contribution in [3.8, 4) is 11.8 Å². The third-order valence-electron chi connectivity index (χ3n) is 6.12. The van der Waals surface area contributed by atoms with E-state index in [1.54, 1.807) is 6.08 Å². The van der Waals surface area contributed by atoms with Crippen LogP contribution in [0.5, 0.6) is 0 Å². The summed E-state index contributed by atoms with van der Waals surface area (Å²) in [4.78, 5) is 14.5. The maximum atomic E-state index is 12.0. The van der Waals surface area contributed by atoms with Crippen molar-refractivity contribution >= 4 is 5.97 Å². The highest BCUT2D eigenvalue weighted by atomic mass is 16.5. The zero-order valence-electron chi connectivity index (χ0n) is 16.6. The fourth-order valence-corrected chi connectivity index (χ4v) is 4.52. The maximum Gasteiger partial charge on any atom is 0.331 e. The monoisotopic (exact) mass is 363 g/mol. The number of nitrogens with zero attached hydrogens (tertiary/aromatic N) is 1. The second-order valence-electron chi connectivity index (χ2n) is 9.04. The zero-order valence-corrected chi connectivity index (χ0v) is 16.6. The van der Waals surface area contributed by atoms with Gasteiger partial charge in [-0.15, -0.1) is 0 Å². The highest BCUT2D eigenvalue weighted by Crippen LogP contribution is 2.36. The topological polar surface area (TPSA) is 29.5 Å². The third-order valence-corrected chi connectivity index (χ3v) is 6.12. The molecule has 1 aromatic rings. The van der Waals surface area contributed by atoms with Crippen molar-refractivity contribution in [3.05, 3.63) is 47.0 Å². The molecule has 4 rings (SSSR count). The molecule has 0 amide bonds. The van der Waals surface area contributed by atoms with Crippen molar-refractivity contribution in [2.75, 3.05) is 13.1 Å². The number of hydrogen-bond donors (Lipinski definition) is 0. The smallest absolute Gasteiger partial charge is 0.331 e. The van der Waals surface area contributed by atoms with E-state index in [9.17, 15) is 4.79 Å². The van der Waals surface area contributed by atoms with Gasteiger partial charge in [-0.1, -0.05) is 51.2 Å². The predicted molar refractivity (Wildman–Crippen MR) is 107 cm³/mol. The number of carbonyl (C=O) groups excluding carboxylic acids is 1. The van der Waals surface area contributed by atoms with Crippen molar-refractivity contribution in [2.45, 2.75) is 64.0 Å². The summed E-state index contributed by atoms with van der Waals surface area (Å²) < 4.78 is 5.71. The van der Waals surface area contributed by atoms with E-state index in [-0.39, 0.29) is 23.4 Å². The molecule has 0 aromatic heterocycles. The van der Waals surface area contributed by atoms with E-state index < -0.39 is 0 Å². The van der Waals surface area contributed by atoms with Crippen molar-refractivity contribution in [1.82, 2.24) is 4.90 Å². The number of benzene rings is 1. The number of esters is 1. The van der Waals surface area contributed by atoms with Crippen molar-refractivity contribution < 1.29 is 9.53 Å². The van der Waals surface area contributed by atoms with E-state index in [4.69, 9.17) is 4.74 Å². The van der Waals surface area contributed by atoms with Crippen LogP contribution in [-0.4, -0.2) is 36.1 Å². The molecule has 27 heavy (non-hydrogen) atoms. The Morgan fingerprint density at radius 2 is 1.85 bits per heavy atom. The molecule has 0 radical (unpaired) electrons. The lowest BCUT2D eigenvalue weighted by molar-refractivity contribution is -0.141. The summed E-state index contributed by atoms with van der Waals surface area (Å²) >= 11 is 0. The van der Waals surface area contributed by atoms with Crippen LogP contribution >= 0.6 is 0 Å². The lowest BCUT2D eigenvalue weighted by Crippen LogP contribution is -2.46. The molecule has 3 aliphatic heterocycles. The van der Waals surface area contributed by atoms with Gasteiger partial charge in [0.25, 0.3) is 0 Å².